The summed E-state index contributed by atoms with van der Waals surface area (Å²) in [6.07, 6.45) is 5.03. The largest absolute Gasteiger partial charge is 0.455 e. The zero-order chi connectivity index (χ0) is 14.2. The van der Waals surface area contributed by atoms with Gasteiger partial charge in [0, 0.05) is 0 Å². The Bertz CT molecular complexity index is 788. The van der Waals surface area contributed by atoms with E-state index in [0.29, 0.717) is 17.3 Å². The highest BCUT2D eigenvalue weighted by atomic mass is 16.4. The molecule has 21 heavy (non-hydrogen) atoms. The van der Waals surface area contributed by atoms with Crippen LogP contribution in [0.15, 0.2) is 41.1 Å². The summed E-state index contributed by atoms with van der Waals surface area (Å²) in [5.74, 6) is 1.78. The molecule has 0 atom stereocenters. The van der Waals surface area contributed by atoms with Gasteiger partial charge in [-0.15, -0.1) is 0 Å². The van der Waals surface area contributed by atoms with Crippen LogP contribution < -0.4 is 0 Å². The second kappa shape index (κ2) is 4.86. The maximum absolute atomic E-state index is 9.10. The van der Waals surface area contributed by atoms with Crippen LogP contribution in [0.5, 0.6) is 0 Å². The van der Waals surface area contributed by atoms with Gasteiger partial charge in [-0.05, 0) is 54.7 Å². The van der Waals surface area contributed by atoms with E-state index >= 15 is 0 Å². The topological polar surface area (TPSA) is 64.1 Å². The number of nitrogens with zero attached hydrogens (tertiary/aromatic N) is 3. The summed E-state index contributed by atoms with van der Waals surface area (Å²) in [6.45, 7) is -0.118. The van der Waals surface area contributed by atoms with Crippen LogP contribution in [0, 0.1) is 0 Å². The lowest BCUT2D eigenvalue weighted by Gasteiger charge is -2.07. The highest BCUT2D eigenvalue weighted by Crippen LogP contribution is 2.27. The lowest BCUT2D eigenvalue weighted by Crippen LogP contribution is -2.00. The molecule has 0 bridgehead atoms. The Morgan fingerprint density at radius 1 is 1.14 bits per heavy atom. The molecule has 2 aromatic heterocycles. The Morgan fingerprint density at radius 3 is 2.90 bits per heavy atom. The number of benzene rings is 1. The highest BCUT2D eigenvalue weighted by Gasteiger charge is 2.16. The van der Waals surface area contributed by atoms with Crippen molar-refractivity contribution in [1.82, 2.24) is 14.8 Å². The minimum Gasteiger partial charge on any atom is -0.455 e. The van der Waals surface area contributed by atoms with Crippen LogP contribution in [0.2, 0.25) is 0 Å². The number of hydrogen-bond acceptors (Lipinski definition) is 4. The van der Waals surface area contributed by atoms with E-state index in [1.807, 2.05) is 0 Å². The SMILES string of the molecule is OCc1ccc(-c2ncnn2-c2ccc3c(c2)CCC3)o1. The molecule has 0 aliphatic heterocycles. The van der Waals surface area contributed by atoms with E-state index < -0.39 is 0 Å². The van der Waals surface area contributed by atoms with Crippen LogP contribution in [-0.4, -0.2) is 19.9 Å². The second-order valence-corrected chi connectivity index (χ2v) is 5.23. The molecule has 1 aliphatic rings. The molecule has 0 fully saturated rings. The zero-order valence-corrected chi connectivity index (χ0v) is 11.5. The molecular weight excluding hydrogens is 266 g/mol. The summed E-state index contributed by atoms with van der Waals surface area (Å²) < 4.78 is 7.34. The van der Waals surface area contributed by atoms with E-state index in [0.717, 1.165) is 18.5 Å². The third kappa shape index (κ3) is 2.06. The van der Waals surface area contributed by atoms with Crippen molar-refractivity contribution in [3.63, 3.8) is 0 Å². The maximum atomic E-state index is 9.10. The van der Waals surface area contributed by atoms with Crippen molar-refractivity contribution in [2.75, 3.05) is 0 Å². The van der Waals surface area contributed by atoms with Crippen molar-refractivity contribution in [2.45, 2.75) is 25.9 Å². The molecule has 1 aliphatic carbocycles. The average Bonchev–Trinajstić information content (AvgIpc) is 3.24. The van der Waals surface area contributed by atoms with Crippen LogP contribution in [-0.2, 0) is 19.4 Å². The molecule has 4 rings (SSSR count). The molecule has 0 radical (unpaired) electrons. The molecule has 1 aromatic carbocycles. The van der Waals surface area contributed by atoms with Crippen molar-refractivity contribution in [3.05, 3.63) is 53.5 Å². The summed E-state index contributed by atoms with van der Waals surface area (Å²) in [5, 5.41) is 13.4. The molecule has 5 nitrogen and oxygen atoms in total. The first kappa shape index (κ1) is 12.3. The van der Waals surface area contributed by atoms with Gasteiger partial charge >= 0.3 is 0 Å². The fraction of sp³-hybridized carbons (Fsp3) is 0.250. The normalized spacial score (nSPS) is 13.6. The van der Waals surface area contributed by atoms with Gasteiger partial charge in [-0.25, -0.2) is 9.67 Å². The van der Waals surface area contributed by atoms with Crippen LogP contribution >= 0.6 is 0 Å². The molecule has 2 heterocycles. The smallest absolute Gasteiger partial charge is 0.199 e. The van der Waals surface area contributed by atoms with Gasteiger partial charge in [0.1, 0.15) is 18.7 Å². The first-order valence-electron chi connectivity index (χ1n) is 7.07. The third-order valence-electron chi connectivity index (χ3n) is 3.91. The number of fused-ring (bicyclic) bond motifs is 1. The van der Waals surface area contributed by atoms with E-state index in [1.54, 1.807) is 16.8 Å². The number of rotatable bonds is 3. The van der Waals surface area contributed by atoms with Gasteiger partial charge in [0.15, 0.2) is 11.6 Å². The first-order valence-corrected chi connectivity index (χ1v) is 7.07. The number of aryl methyl sites for hydroxylation is 2. The molecule has 0 unspecified atom stereocenters. The lowest BCUT2D eigenvalue weighted by atomic mass is 10.1. The van der Waals surface area contributed by atoms with Crippen molar-refractivity contribution < 1.29 is 9.52 Å². The van der Waals surface area contributed by atoms with E-state index in [-0.39, 0.29) is 6.61 Å². The Balaban J connectivity index is 1.78. The van der Waals surface area contributed by atoms with Crippen molar-refractivity contribution in [2.24, 2.45) is 0 Å². The van der Waals surface area contributed by atoms with Crippen molar-refractivity contribution >= 4 is 0 Å². The Labute approximate surface area is 121 Å². The standard InChI is InChI=1S/C16H15N3O2/c20-9-14-6-7-15(21-14)16-17-10-18-19(16)13-5-4-11-2-1-3-12(11)8-13/h4-8,10,20H,1-3,9H2. The lowest BCUT2D eigenvalue weighted by molar-refractivity contribution is 0.248. The monoisotopic (exact) mass is 281 g/mol. The van der Waals surface area contributed by atoms with Gasteiger partial charge in [-0.2, -0.15) is 5.10 Å². The van der Waals surface area contributed by atoms with Gasteiger partial charge in [0.2, 0.25) is 0 Å². The number of aliphatic hydroxyl groups excluding tert-OH is 1. The molecular formula is C16H15N3O2. The van der Waals surface area contributed by atoms with Crippen LogP contribution in [0.3, 0.4) is 0 Å². The predicted octanol–water partition coefficient (Wildman–Crippen LogP) is 2.51. The Kier molecular flexibility index (Phi) is 2.86. The number of aliphatic hydroxyl groups is 1. The predicted molar refractivity (Wildman–Crippen MR) is 77.0 cm³/mol. The molecule has 1 N–H and O–H groups in total. The number of furan rings is 1. The quantitative estimate of drug-likeness (QED) is 0.801. The Hall–Kier alpha value is -2.40. The summed E-state index contributed by atoms with van der Waals surface area (Å²) in [7, 11) is 0. The molecule has 5 heteroatoms. The van der Waals surface area contributed by atoms with Gasteiger partial charge in [-0.1, -0.05) is 6.07 Å². The molecule has 0 saturated heterocycles. The summed E-state index contributed by atoms with van der Waals surface area (Å²) in [4.78, 5) is 4.28. The van der Waals surface area contributed by atoms with Gasteiger partial charge in [0.05, 0.1) is 5.69 Å². The second-order valence-electron chi connectivity index (χ2n) is 5.23. The average molecular weight is 281 g/mol. The first-order chi connectivity index (χ1) is 10.3. The molecule has 0 amide bonds. The fourth-order valence-electron chi connectivity index (χ4n) is 2.87. The van der Waals surface area contributed by atoms with E-state index in [9.17, 15) is 0 Å². The van der Waals surface area contributed by atoms with Crippen molar-refractivity contribution in [3.8, 4) is 17.3 Å². The van der Waals surface area contributed by atoms with E-state index in [2.05, 4.69) is 28.3 Å². The Morgan fingerprint density at radius 2 is 2.05 bits per heavy atom. The summed E-state index contributed by atoms with van der Waals surface area (Å²) in [5.41, 5.74) is 3.82. The zero-order valence-electron chi connectivity index (χ0n) is 11.5. The number of hydrogen-bond donors (Lipinski definition) is 1. The third-order valence-corrected chi connectivity index (χ3v) is 3.91. The number of aromatic nitrogens is 3. The minimum atomic E-state index is -0.118. The molecule has 3 aromatic rings. The van der Waals surface area contributed by atoms with Gasteiger partial charge in [-0.3, -0.25) is 0 Å². The fourth-order valence-corrected chi connectivity index (χ4v) is 2.87. The van der Waals surface area contributed by atoms with Crippen molar-refractivity contribution in [1.29, 1.82) is 0 Å². The van der Waals surface area contributed by atoms with Crippen LogP contribution in [0.25, 0.3) is 17.3 Å². The summed E-state index contributed by atoms with van der Waals surface area (Å²) >= 11 is 0. The molecule has 106 valence electrons. The maximum Gasteiger partial charge on any atom is 0.199 e. The summed E-state index contributed by atoms with van der Waals surface area (Å²) in [6, 6.07) is 9.97. The van der Waals surface area contributed by atoms with Gasteiger partial charge < -0.3 is 9.52 Å². The van der Waals surface area contributed by atoms with E-state index in [4.69, 9.17) is 9.52 Å². The van der Waals surface area contributed by atoms with E-state index in [1.165, 1.54) is 23.9 Å². The van der Waals surface area contributed by atoms with Crippen LogP contribution in [0.4, 0.5) is 0 Å². The van der Waals surface area contributed by atoms with Crippen LogP contribution in [0.1, 0.15) is 23.3 Å². The minimum absolute atomic E-state index is 0.118. The highest BCUT2D eigenvalue weighted by molar-refractivity contribution is 5.53. The van der Waals surface area contributed by atoms with Gasteiger partial charge in [0.25, 0.3) is 0 Å². The molecule has 0 spiro atoms. The molecule has 0 saturated carbocycles.